The standard InChI is InChI=1S/C21H25F3N6/c1-12(2)17(25)13-5-4-10-30(11-13)16-8-7-15(21(22,23)24)19(27-16)18-14-6-3-9-26-20(14)29-28-18/h3,6-9,12-13,17H,4-5,10-11,25H2,1-2H3,(H,26,28,29)/t13-,17?/m0/s1. The summed E-state index contributed by atoms with van der Waals surface area (Å²) in [5, 5.41) is 7.31. The highest BCUT2D eigenvalue weighted by Gasteiger charge is 2.36. The molecule has 0 amide bonds. The Labute approximate surface area is 172 Å². The maximum atomic E-state index is 13.7. The van der Waals surface area contributed by atoms with Crippen LogP contribution in [-0.4, -0.2) is 39.3 Å². The zero-order valence-electron chi connectivity index (χ0n) is 16.9. The number of rotatable bonds is 4. The van der Waals surface area contributed by atoms with E-state index in [0.717, 1.165) is 25.5 Å². The number of hydrogen-bond acceptors (Lipinski definition) is 5. The summed E-state index contributed by atoms with van der Waals surface area (Å²) in [6.45, 7) is 5.60. The predicted molar refractivity (Wildman–Crippen MR) is 110 cm³/mol. The molecule has 2 atom stereocenters. The van der Waals surface area contributed by atoms with Crippen LogP contribution in [0.1, 0.15) is 32.3 Å². The maximum absolute atomic E-state index is 13.7. The second kappa shape index (κ2) is 7.86. The van der Waals surface area contributed by atoms with E-state index < -0.39 is 11.7 Å². The van der Waals surface area contributed by atoms with Crippen LogP contribution in [0.15, 0.2) is 30.5 Å². The molecule has 0 saturated carbocycles. The number of nitrogens with two attached hydrogens (primary N) is 1. The molecule has 30 heavy (non-hydrogen) atoms. The van der Waals surface area contributed by atoms with Gasteiger partial charge in [-0.3, -0.25) is 5.10 Å². The Morgan fingerprint density at radius 2 is 2.00 bits per heavy atom. The van der Waals surface area contributed by atoms with E-state index in [1.54, 1.807) is 18.3 Å². The van der Waals surface area contributed by atoms with Crippen molar-refractivity contribution in [3.8, 4) is 11.4 Å². The molecular weight excluding hydrogens is 393 g/mol. The molecule has 1 unspecified atom stereocenters. The lowest BCUT2D eigenvalue weighted by Gasteiger charge is -2.37. The molecule has 9 heteroatoms. The summed E-state index contributed by atoms with van der Waals surface area (Å²) >= 11 is 0. The van der Waals surface area contributed by atoms with Crippen molar-refractivity contribution < 1.29 is 13.2 Å². The summed E-state index contributed by atoms with van der Waals surface area (Å²) in [6, 6.07) is 5.95. The van der Waals surface area contributed by atoms with Gasteiger partial charge in [0.2, 0.25) is 0 Å². The number of H-pyrrole nitrogens is 1. The molecule has 0 aliphatic carbocycles. The van der Waals surface area contributed by atoms with Crippen molar-refractivity contribution in [2.75, 3.05) is 18.0 Å². The van der Waals surface area contributed by atoms with Crippen LogP contribution >= 0.6 is 0 Å². The lowest BCUT2D eigenvalue weighted by atomic mass is 9.85. The van der Waals surface area contributed by atoms with E-state index in [0.29, 0.717) is 29.3 Å². The zero-order chi connectivity index (χ0) is 21.5. The smallest absolute Gasteiger partial charge is 0.356 e. The van der Waals surface area contributed by atoms with Crippen molar-refractivity contribution in [3.63, 3.8) is 0 Å². The number of anilines is 1. The number of alkyl halides is 3. The van der Waals surface area contributed by atoms with Crippen molar-refractivity contribution in [2.24, 2.45) is 17.6 Å². The van der Waals surface area contributed by atoms with Gasteiger partial charge in [0.15, 0.2) is 5.65 Å². The monoisotopic (exact) mass is 418 g/mol. The third-order valence-corrected chi connectivity index (χ3v) is 5.84. The van der Waals surface area contributed by atoms with E-state index in [4.69, 9.17) is 5.73 Å². The predicted octanol–water partition coefficient (Wildman–Crippen LogP) is 4.24. The highest BCUT2D eigenvalue weighted by atomic mass is 19.4. The number of nitrogens with zero attached hydrogens (tertiary/aromatic N) is 4. The van der Waals surface area contributed by atoms with Gasteiger partial charge in [0.25, 0.3) is 0 Å². The number of hydrogen-bond donors (Lipinski definition) is 2. The number of halogens is 3. The van der Waals surface area contributed by atoms with Gasteiger partial charge in [-0.25, -0.2) is 9.97 Å². The minimum Gasteiger partial charge on any atom is -0.356 e. The summed E-state index contributed by atoms with van der Waals surface area (Å²) < 4.78 is 41.2. The summed E-state index contributed by atoms with van der Waals surface area (Å²) in [7, 11) is 0. The second-order valence-electron chi connectivity index (χ2n) is 8.20. The molecule has 4 heterocycles. The highest BCUT2D eigenvalue weighted by molar-refractivity contribution is 5.90. The first-order valence-corrected chi connectivity index (χ1v) is 10.1. The normalized spacial score (nSPS) is 18.9. The summed E-state index contributed by atoms with van der Waals surface area (Å²) in [5.74, 6) is 1.13. The van der Waals surface area contributed by atoms with Crippen LogP contribution < -0.4 is 10.6 Å². The van der Waals surface area contributed by atoms with Crippen molar-refractivity contribution in [1.29, 1.82) is 0 Å². The molecule has 3 aromatic rings. The number of nitrogens with one attached hydrogen (secondary N) is 1. The molecule has 1 aliphatic rings. The lowest BCUT2D eigenvalue weighted by Crippen LogP contribution is -2.46. The van der Waals surface area contributed by atoms with Crippen LogP contribution in [0.4, 0.5) is 19.0 Å². The number of pyridine rings is 2. The Morgan fingerprint density at radius 1 is 1.20 bits per heavy atom. The van der Waals surface area contributed by atoms with Gasteiger partial charge in [0.1, 0.15) is 17.2 Å². The van der Waals surface area contributed by atoms with Gasteiger partial charge in [-0.1, -0.05) is 13.8 Å². The number of piperidine rings is 1. The molecule has 1 fully saturated rings. The van der Waals surface area contributed by atoms with Crippen LogP contribution in [0.25, 0.3) is 22.4 Å². The molecular formula is C21H25F3N6. The van der Waals surface area contributed by atoms with Gasteiger partial charge in [0, 0.05) is 30.7 Å². The fraction of sp³-hybridized carbons (Fsp3) is 0.476. The highest BCUT2D eigenvalue weighted by Crippen LogP contribution is 2.39. The van der Waals surface area contributed by atoms with Gasteiger partial charge >= 0.3 is 6.18 Å². The molecule has 6 nitrogen and oxygen atoms in total. The van der Waals surface area contributed by atoms with Crippen LogP contribution in [0.3, 0.4) is 0 Å². The molecule has 3 N–H and O–H groups in total. The van der Waals surface area contributed by atoms with E-state index in [-0.39, 0.29) is 23.3 Å². The van der Waals surface area contributed by atoms with Crippen LogP contribution in [-0.2, 0) is 6.18 Å². The molecule has 0 bridgehead atoms. The molecule has 0 radical (unpaired) electrons. The zero-order valence-corrected chi connectivity index (χ0v) is 16.9. The molecule has 160 valence electrons. The quantitative estimate of drug-likeness (QED) is 0.662. The minimum absolute atomic E-state index is 0.0445. The van der Waals surface area contributed by atoms with Crippen LogP contribution in [0.2, 0.25) is 0 Å². The number of fused-ring (bicyclic) bond motifs is 1. The molecule has 1 saturated heterocycles. The third-order valence-electron chi connectivity index (χ3n) is 5.84. The third kappa shape index (κ3) is 3.86. The SMILES string of the molecule is CC(C)C(N)[C@H]1CCCN(c2ccc(C(F)(F)F)c(-c3n[nH]c4ncccc34)n2)C1. The van der Waals surface area contributed by atoms with E-state index in [2.05, 4.69) is 34.0 Å². The van der Waals surface area contributed by atoms with Gasteiger partial charge in [-0.15, -0.1) is 0 Å². The van der Waals surface area contributed by atoms with Crippen molar-refractivity contribution in [3.05, 3.63) is 36.0 Å². The Bertz CT molecular complexity index is 1030. The van der Waals surface area contributed by atoms with E-state index in [1.807, 2.05) is 4.90 Å². The Kier molecular flexibility index (Phi) is 5.40. The van der Waals surface area contributed by atoms with Crippen LogP contribution in [0.5, 0.6) is 0 Å². The summed E-state index contributed by atoms with van der Waals surface area (Å²) in [5.41, 5.74) is 5.95. The average Bonchev–Trinajstić information content (AvgIpc) is 3.16. The maximum Gasteiger partial charge on any atom is 0.418 e. The van der Waals surface area contributed by atoms with Crippen molar-refractivity contribution >= 4 is 16.9 Å². The summed E-state index contributed by atoms with van der Waals surface area (Å²) in [4.78, 5) is 10.6. The van der Waals surface area contributed by atoms with E-state index >= 15 is 0 Å². The fourth-order valence-corrected chi connectivity index (χ4v) is 4.15. The van der Waals surface area contributed by atoms with Gasteiger partial charge in [0.05, 0.1) is 5.56 Å². The lowest BCUT2D eigenvalue weighted by molar-refractivity contribution is -0.137. The topological polar surface area (TPSA) is 83.7 Å². The molecule has 1 aliphatic heterocycles. The van der Waals surface area contributed by atoms with E-state index in [9.17, 15) is 13.2 Å². The first kappa shape index (κ1) is 20.6. The Morgan fingerprint density at radius 3 is 2.73 bits per heavy atom. The number of aromatic nitrogens is 4. The molecule has 0 spiro atoms. The van der Waals surface area contributed by atoms with Gasteiger partial charge in [-0.2, -0.15) is 18.3 Å². The Balaban J connectivity index is 1.76. The minimum atomic E-state index is -4.54. The summed E-state index contributed by atoms with van der Waals surface area (Å²) in [6.07, 6.45) is -1.04. The van der Waals surface area contributed by atoms with E-state index in [1.165, 1.54) is 6.07 Å². The Hall–Kier alpha value is -2.68. The fourth-order valence-electron chi connectivity index (χ4n) is 4.15. The average molecular weight is 418 g/mol. The first-order chi connectivity index (χ1) is 14.3. The van der Waals surface area contributed by atoms with Crippen LogP contribution in [0, 0.1) is 11.8 Å². The number of aromatic amines is 1. The largest absolute Gasteiger partial charge is 0.418 e. The van der Waals surface area contributed by atoms with Crippen molar-refractivity contribution in [2.45, 2.75) is 38.9 Å². The van der Waals surface area contributed by atoms with Gasteiger partial charge < -0.3 is 10.6 Å². The van der Waals surface area contributed by atoms with Gasteiger partial charge in [-0.05, 0) is 48.9 Å². The molecule has 4 rings (SSSR count). The first-order valence-electron chi connectivity index (χ1n) is 10.1. The second-order valence-corrected chi connectivity index (χ2v) is 8.20. The molecule has 0 aromatic carbocycles. The van der Waals surface area contributed by atoms with Crippen molar-refractivity contribution in [1.82, 2.24) is 20.2 Å². The molecule has 3 aromatic heterocycles.